The largest absolute Gasteiger partial charge is 0.292 e. The minimum atomic E-state index is 0.113. The molecule has 12 heavy (non-hydrogen) atoms. The maximum absolute atomic E-state index is 11.4. The second kappa shape index (κ2) is 2.86. The third kappa shape index (κ3) is 1.03. The van der Waals surface area contributed by atoms with Gasteiger partial charge in [0.15, 0.2) is 5.78 Å². The van der Waals surface area contributed by atoms with Gasteiger partial charge in [-0.05, 0) is 6.42 Å². The van der Waals surface area contributed by atoms with E-state index in [0.29, 0.717) is 17.8 Å². The Kier molecular flexibility index (Phi) is 1.84. The number of alkyl halides is 1. The Morgan fingerprint density at radius 2 is 2.42 bits per heavy atom. The molecule has 0 saturated heterocycles. The molecule has 0 fully saturated rings. The van der Waals surface area contributed by atoms with Crippen LogP contribution in [-0.4, -0.2) is 20.8 Å². The van der Waals surface area contributed by atoms with Crippen molar-refractivity contribution in [2.75, 3.05) is 0 Å². The average molecular weight is 186 g/mol. The number of carbonyl (C=O) groups is 1. The van der Waals surface area contributed by atoms with E-state index in [1.54, 1.807) is 4.68 Å². The molecule has 0 radical (unpaired) electrons. The van der Waals surface area contributed by atoms with E-state index in [1.807, 2.05) is 0 Å². The molecule has 0 aliphatic carbocycles. The van der Waals surface area contributed by atoms with Crippen LogP contribution >= 0.6 is 11.6 Å². The molecule has 4 nitrogen and oxygen atoms in total. The van der Waals surface area contributed by atoms with Crippen LogP contribution in [0.4, 0.5) is 0 Å². The summed E-state index contributed by atoms with van der Waals surface area (Å²) in [6.07, 6.45) is 1.45. The molecule has 1 aromatic rings. The van der Waals surface area contributed by atoms with Gasteiger partial charge in [0.05, 0.1) is 5.88 Å². The highest BCUT2D eigenvalue weighted by Crippen LogP contribution is 2.17. The summed E-state index contributed by atoms with van der Waals surface area (Å²) in [5, 5.41) is 7.67. The summed E-state index contributed by atoms with van der Waals surface area (Å²) < 4.78 is 1.64. The van der Waals surface area contributed by atoms with E-state index in [9.17, 15) is 4.79 Å². The van der Waals surface area contributed by atoms with Gasteiger partial charge in [-0.15, -0.1) is 16.7 Å². The van der Waals surface area contributed by atoms with Crippen LogP contribution in [0.25, 0.3) is 0 Å². The van der Waals surface area contributed by atoms with E-state index in [2.05, 4.69) is 10.3 Å². The average Bonchev–Trinajstić information content (AvgIpc) is 2.49. The van der Waals surface area contributed by atoms with Crippen LogP contribution in [0.5, 0.6) is 0 Å². The third-order valence-corrected chi connectivity index (χ3v) is 2.22. The van der Waals surface area contributed by atoms with Crippen molar-refractivity contribution >= 4 is 17.4 Å². The summed E-state index contributed by atoms with van der Waals surface area (Å²) >= 11 is 5.60. The Morgan fingerprint density at radius 3 is 3.17 bits per heavy atom. The minimum absolute atomic E-state index is 0.113. The molecule has 1 aromatic heterocycles. The van der Waals surface area contributed by atoms with Gasteiger partial charge in [0, 0.05) is 13.0 Å². The Bertz CT molecular complexity index is 307. The van der Waals surface area contributed by atoms with Gasteiger partial charge in [-0.25, -0.2) is 4.68 Å². The second-order valence-electron chi connectivity index (χ2n) is 2.77. The number of ketones is 1. The van der Waals surface area contributed by atoms with Crippen molar-refractivity contribution in [1.82, 2.24) is 15.0 Å². The summed E-state index contributed by atoms with van der Waals surface area (Å²) in [5.74, 6) is 0.378. The smallest absolute Gasteiger partial charge is 0.182 e. The normalized spacial score (nSPS) is 16.2. The minimum Gasteiger partial charge on any atom is -0.292 e. The molecule has 0 N–H and O–H groups in total. The Morgan fingerprint density at radius 1 is 1.58 bits per heavy atom. The molecule has 2 rings (SSSR count). The van der Waals surface area contributed by atoms with E-state index in [4.69, 9.17) is 11.6 Å². The number of aryl methyl sites for hydroxylation is 1. The molecule has 0 bridgehead atoms. The molecule has 0 saturated carbocycles. The molecule has 5 heteroatoms. The molecular weight excluding hydrogens is 178 g/mol. The lowest BCUT2D eigenvalue weighted by molar-refractivity contribution is 0.0951. The Hall–Kier alpha value is -0.900. The van der Waals surface area contributed by atoms with Gasteiger partial charge in [0.25, 0.3) is 0 Å². The summed E-state index contributed by atoms with van der Waals surface area (Å²) in [6.45, 7) is 0.783. The van der Waals surface area contributed by atoms with Gasteiger partial charge >= 0.3 is 0 Å². The number of rotatable bonds is 1. The molecule has 1 aliphatic rings. The highest BCUT2D eigenvalue weighted by Gasteiger charge is 2.22. The zero-order chi connectivity index (χ0) is 8.55. The molecule has 1 aliphatic heterocycles. The number of hydrogen-bond acceptors (Lipinski definition) is 3. The number of Topliss-reactive ketones (excluding diaryl/α,β-unsaturated/α-hetero) is 1. The first-order valence-electron chi connectivity index (χ1n) is 3.84. The molecule has 0 atom stereocenters. The van der Waals surface area contributed by atoms with Crippen LogP contribution in [0.1, 0.15) is 29.0 Å². The highest BCUT2D eigenvalue weighted by atomic mass is 35.5. The number of aromatic nitrogens is 3. The van der Waals surface area contributed by atoms with E-state index in [-0.39, 0.29) is 11.7 Å². The van der Waals surface area contributed by atoms with E-state index in [0.717, 1.165) is 13.0 Å². The zero-order valence-electron chi connectivity index (χ0n) is 6.46. The lowest BCUT2D eigenvalue weighted by Crippen LogP contribution is -2.18. The van der Waals surface area contributed by atoms with Crippen molar-refractivity contribution in [2.45, 2.75) is 25.3 Å². The number of hydrogen-bond donors (Lipinski definition) is 0. The fourth-order valence-corrected chi connectivity index (χ4v) is 1.59. The van der Waals surface area contributed by atoms with Crippen molar-refractivity contribution in [2.24, 2.45) is 0 Å². The maximum Gasteiger partial charge on any atom is 0.182 e. The van der Waals surface area contributed by atoms with Crippen LogP contribution in [0, 0.1) is 0 Å². The molecule has 0 aromatic carbocycles. The van der Waals surface area contributed by atoms with E-state index >= 15 is 0 Å². The van der Waals surface area contributed by atoms with Gasteiger partial charge in [0.2, 0.25) is 0 Å². The van der Waals surface area contributed by atoms with Crippen LogP contribution in [0.3, 0.4) is 0 Å². The monoisotopic (exact) mass is 185 g/mol. The SMILES string of the molecule is O=C1CCCn2nnc(CCl)c21. The van der Waals surface area contributed by atoms with Crippen molar-refractivity contribution in [1.29, 1.82) is 0 Å². The summed E-state index contributed by atoms with van der Waals surface area (Å²) in [7, 11) is 0. The summed E-state index contributed by atoms with van der Waals surface area (Å²) in [4.78, 5) is 11.4. The van der Waals surface area contributed by atoms with Gasteiger partial charge in [-0.3, -0.25) is 4.79 Å². The van der Waals surface area contributed by atoms with Gasteiger partial charge < -0.3 is 0 Å². The quantitative estimate of drug-likeness (QED) is 0.614. The Labute approximate surface area is 74.5 Å². The first kappa shape index (κ1) is 7.73. The van der Waals surface area contributed by atoms with Crippen LogP contribution in [0.15, 0.2) is 0 Å². The second-order valence-corrected chi connectivity index (χ2v) is 3.04. The first-order chi connectivity index (χ1) is 5.83. The standard InChI is InChI=1S/C7H8ClN3O/c8-4-5-7-6(12)2-1-3-11(7)10-9-5/h1-4H2. The van der Waals surface area contributed by atoms with Gasteiger partial charge in [-0.2, -0.15) is 0 Å². The van der Waals surface area contributed by atoms with E-state index < -0.39 is 0 Å². The summed E-state index contributed by atoms with van der Waals surface area (Å²) in [6, 6.07) is 0. The summed E-state index contributed by atoms with van der Waals surface area (Å²) in [5.41, 5.74) is 1.22. The van der Waals surface area contributed by atoms with Gasteiger partial charge in [-0.1, -0.05) is 5.21 Å². The lowest BCUT2D eigenvalue weighted by Gasteiger charge is -2.10. The van der Waals surface area contributed by atoms with E-state index in [1.165, 1.54) is 0 Å². The first-order valence-corrected chi connectivity index (χ1v) is 4.38. The molecular formula is C7H8ClN3O. The van der Waals surface area contributed by atoms with Crippen molar-refractivity contribution in [3.8, 4) is 0 Å². The maximum atomic E-state index is 11.4. The Balaban J connectivity index is 2.50. The van der Waals surface area contributed by atoms with Crippen molar-refractivity contribution in [3.63, 3.8) is 0 Å². The fourth-order valence-electron chi connectivity index (χ4n) is 1.41. The zero-order valence-corrected chi connectivity index (χ0v) is 7.21. The van der Waals surface area contributed by atoms with Crippen molar-refractivity contribution < 1.29 is 4.79 Å². The molecule has 0 unspecified atom stereocenters. The molecule has 0 spiro atoms. The predicted octanol–water partition coefficient (Wildman–Crippen LogP) is 0.993. The van der Waals surface area contributed by atoms with Gasteiger partial charge in [0.1, 0.15) is 11.4 Å². The molecule has 0 amide bonds. The predicted molar refractivity (Wildman–Crippen MR) is 43.1 cm³/mol. The number of nitrogens with zero attached hydrogens (tertiary/aromatic N) is 3. The number of fused-ring (bicyclic) bond motifs is 1. The van der Waals surface area contributed by atoms with Crippen LogP contribution in [0.2, 0.25) is 0 Å². The van der Waals surface area contributed by atoms with Crippen LogP contribution in [-0.2, 0) is 12.4 Å². The third-order valence-electron chi connectivity index (χ3n) is 1.97. The lowest BCUT2D eigenvalue weighted by atomic mass is 10.1. The number of carbonyl (C=O) groups excluding carboxylic acids is 1. The topological polar surface area (TPSA) is 47.8 Å². The molecule has 64 valence electrons. The van der Waals surface area contributed by atoms with Crippen molar-refractivity contribution in [3.05, 3.63) is 11.4 Å². The molecule has 2 heterocycles. The highest BCUT2D eigenvalue weighted by molar-refractivity contribution is 6.17. The number of halogens is 1. The fraction of sp³-hybridized carbons (Fsp3) is 0.571. The van der Waals surface area contributed by atoms with Crippen LogP contribution < -0.4 is 0 Å².